The molecule has 4 rings (SSSR count). The van der Waals surface area contributed by atoms with Gasteiger partial charge in [-0.2, -0.15) is 10.1 Å². The predicted octanol–water partition coefficient (Wildman–Crippen LogP) is 1.83. The normalized spacial score (nSPS) is 12.4. The van der Waals surface area contributed by atoms with Crippen LogP contribution in [-0.2, 0) is 16.0 Å². The van der Waals surface area contributed by atoms with Crippen molar-refractivity contribution >= 4 is 17.5 Å². The number of hydrogen-bond acceptors (Lipinski definition) is 8. The summed E-state index contributed by atoms with van der Waals surface area (Å²) in [5.74, 6) is 0.878. The lowest BCUT2D eigenvalue weighted by molar-refractivity contribution is -0.142. The topological polar surface area (TPSA) is 105 Å². The highest BCUT2D eigenvalue weighted by Gasteiger charge is 2.18. The number of carbonyl (C=O) groups excluding carboxylic acids is 2. The van der Waals surface area contributed by atoms with E-state index in [1.54, 1.807) is 22.7 Å². The summed E-state index contributed by atoms with van der Waals surface area (Å²) in [6.07, 6.45) is 2.02. The Morgan fingerprint density at radius 2 is 2.04 bits per heavy atom. The van der Waals surface area contributed by atoms with Gasteiger partial charge in [-0.1, -0.05) is 0 Å². The molecule has 0 radical (unpaired) electrons. The van der Waals surface area contributed by atoms with Gasteiger partial charge in [-0.05, 0) is 44.0 Å². The van der Waals surface area contributed by atoms with E-state index in [1.807, 2.05) is 13.8 Å². The van der Waals surface area contributed by atoms with E-state index in [0.717, 1.165) is 17.0 Å². The van der Waals surface area contributed by atoms with Crippen molar-refractivity contribution in [3.63, 3.8) is 0 Å². The van der Waals surface area contributed by atoms with Gasteiger partial charge in [0.15, 0.2) is 23.9 Å². The molecule has 3 heterocycles. The number of esters is 1. The molecule has 0 unspecified atom stereocenters. The molecule has 0 saturated carbocycles. The number of benzene rings is 1. The maximum Gasteiger partial charge on any atom is 0.306 e. The molecule has 0 fully saturated rings. The first-order chi connectivity index (χ1) is 13.5. The smallest absolute Gasteiger partial charge is 0.306 e. The lowest BCUT2D eigenvalue weighted by atomic mass is 10.1. The first kappa shape index (κ1) is 17.9. The Labute approximate surface area is 160 Å². The summed E-state index contributed by atoms with van der Waals surface area (Å²) in [5, 5.41) is 4.13. The summed E-state index contributed by atoms with van der Waals surface area (Å²) in [7, 11) is 0. The van der Waals surface area contributed by atoms with Gasteiger partial charge < -0.3 is 14.2 Å². The highest BCUT2D eigenvalue weighted by atomic mass is 16.7. The highest BCUT2D eigenvalue weighted by Crippen LogP contribution is 2.32. The largest absolute Gasteiger partial charge is 0.457 e. The van der Waals surface area contributed by atoms with Crippen LogP contribution in [0.2, 0.25) is 0 Å². The van der Waals surface area contributed by atoms with Gasteiger partial charge in [-0.25, -0.2) is 9.50 Å². The van der Waals surface area contributed by atoms with Gasteiger partial charge in [0.05, 0.1) is 0 Å². The molecule has 28 heavy (non-hydrogen) atoms. The number of ketones is 1. The van der Waals surface area contributed by atoms with Crippen LogP contribution in [0.3, 0.4) is 0 Å². The zero-order valence-corrected chi connectivity index (χ0v) is 15.5. The van der Waals surface area contributed by atoms with Gasteiger partial charge in [0, 0.05) is 23.4 Å². The third-order valence-corrected chi connectivity index (χ3v) is 4.63. The first-order valence-electron chi connectivity index (χ1n) is 8.77. The van der Waals surface area contributed by atoms with Crippen molar-refractivity contribution < 1.29 is 23.8 Å². The molecule has 9 heteroatoms. The number of carbonyl (C=O) groups is 2. The molecular weight excluding hydrogens is 364 g/mol. The SMILES string of the molecule is Cc1nc2ncnn2c(C)c1CCC(=O)OCC(=O)c1ccc2c(c1)OCO2. The summed E-state index contributed by atoms with van der Waals surface area (Å²) in [6, 6.07) is 4.87. The number of Topliss-reactive ketones (excluding diaryl/α,β-unsaturated/α-hetero) is 1. The fourth-order valence-electron chi connectivity index (χ4n) is 3.12. The maximum absolute atomic E-state index is 12.2. The van der Waals surface area contributed by atoms with Crippen molar-refractivity contribution in [2.75, 3.05) is 13.4 Å². The summed E-state index contributed by atoms with van der Waals surface area (Å²) < 4.78 is 17.2. The Morgan fingerprint density at radius 1 is 1.21 bits per heavy atom. The van der Waals surface area contributed by atoms with Gasteiger partial charge in [0.2, 0.25) is 6.79 Å². The van der Waals surface area contributed by atoms with E-state index in [2.05, 4.69) is 15.1 Å². The van der Waals surface area contributed by atoms with E-state index >= 15 is 0 Å². The second-order valence-electron chi connectivity index (χ2n) is 6.38. The zero-order valence-electron chi connectivity index (χ0n) is 15.5. The van der Waals surface area contributed by atoms with Crippen molar-refractivity contribution in [2.45, 2.75) is 26.7 Å². The van der Waals surface area contributed by atoms with Crippen molar-refractivity contribution in [3.05, 3.63) is 47.0 Å². The second-order valence-corrected chi connectivity index (χ2v) is 6.38. The quantitative estimate of drug-likeness (QED) is 0.470. The minimum atomic E-state index is -0.452. The molecule has 9 nitrogen and oxygen atoms in total. The molecule has 0 aliphatic carbocycles. The van der Waals surface area contributed by atoms with Gasteiger partial charge in [-0.3, -0.25) is 9.59 Å². The summed E-state index contributed by atoms with van der Waals surface area (Å²) >= 11 is 0. The van der Waals surface area contributed by atoms with Crippen molar-refractivity contribution in [1.29, 1.82) is 0 Å². The molecule has 0 spiro atoms. The number of aromatic nitrogens is 4. The van der Waals surface area contributed by atoms with Crippen LogP contribution in [0, 0.1) is 13.8 Å². The molecule has 0 atom stereocenters. The number of rotatable bonds is 6. The monoisotopic (exact) mass is 382 g/mol. The van der Waals surface area contributed by atoms with Crippen LogP contribution in [0.1, 0.15) is 33.7 Å². The fraction of sp³-hybridized carbons (Fsp3) is 0.316. The van der Waals surface area contributed by atoms with Crippen LogP contribution in [0.15, 0.2) is 24.5 Å². The molecule has 0 saturated heterocycles. The van der Waals surface area contributed by atoms with E-state index in [4.69, 9.17) is 14.2 Å². The Bertz CT molecular complexity index is 1080. The Hall–Kier alpha value is -3.49. The van der Waals surface area contributed by atoms with Crippen LogP contribution in [0.5, 0.6) is 11.5 Å². The summed E-state index contributed by atoms with van der Waals surface area (Å²) in [6.45, 7) is 3.58. The van der Waals surface area contributed by atoms with Gasteiger partial charge >= 0.3 is 5.97 Å². The van der Waals surface area contributed by atoms with Gasteiger partial charge in [0.1, 0.15) is 6.33 Å². The number of aryl methyl sites for hydroxylation is 2. The maximum atomic E-state index is 12.2. The van der Waals surface area contributed by atoms with Crippen LogP contribution >= 0.6 is 0 Å². The minimum absolute atomic E-state index is 0.135. The lowest BCUT2D eigenvalue weighted by Gasteiger charge is -2.10. The molecule has 1 aliphatic rings. The Balaban J connectivity index is 1.34. The van der Waals surface area contributed by atoms with Crippen LogP contribution in [0.25, 0.3) is 5.78 Å². The fourth-order valence-corrected chi connectivity index (χ4v) is 3.12. The lowest BCUT2D eigenvalue weighted by Crippen LogP contribution is -2.15. The molecule has 2 aromatic heterocycles. The predicted molar refractivity (Wildman–Crippen MR) is 96.4 cm³/mol. The summed E-state index contributed by atoms with van der Waals surface area (Å²) in [4.78, 5) is 32.8. The third-order valence-electron chi connectivity index (χ3n) is 4.63. The highest BCUT2D eigenvalue weighted by molar-refractivity contribution is 5.98. The molecule has 144 valence electrons. The standard InChI is InChI=1S/C19H18N4O5/c1-11-14(12(2)23-19(22-11)20-9-21-23)4-6-18(25)26-8-15(24)13-3-5-16-17(7-13)28-10-27-16/h3,5,7,9H,4,6,8,10H2,1-2H3. The van der Waals surface area contributed by atoms with Crippen molar-refractivity contribution in [1.82, 2.24) is 19.6 Å². The molecule has 3 aromatic rings. The molecule has 1 aliphatic heterocycles. The third kappa shape index (κ3) is 3.38. The first-order valence-corrected chi connectivity index (χ1v) is 8.77. The second kappa shape index (κ2) is 7.26. The Kier molecular flexibility index (Phi) is 4.64. The number of hydrogen-bond donors (Lipinski definition) is 0. The van der Waals surface area contributed by atoms with E-state index in [0.29, 0.717) is 29.3 Å². The van der Waals surface area contributed by atoms with E-state index in [1.165, 1.54) is 6.33 Å². The Morgan fingerprint density at radius 3 is 2.89 bits per heavy atom. The van der Waals surface area contributed by atoms with E-state index < -0.39 is 5.97 Å². The van der Waals surface area contributed by atoms with Crippen molar-refractivity contribution in [2.24, 2.45) is 0 Å². The number of nitrogens with zero attached hydrogens (tertiary/aromatic N) is 4. The molecular formula is C19H18N4O5. The average Bonchev–Trinajstić information content (AvgIpc) is 3.34. The number of fused-ring (bicyclic) bond motifs is 2. The van der Waals surface area contributed by atoms with Gasteiger partial charge in [-0.15, -0.1) is 0 Å². The number of ether oxygens (including phenoxy) is 3. The van der Waals surface area contributed by atoms with Crippen molar-refractivity contribution in [3.8, 4) is 11.5 Å². The van der Waals surface area contributed by atoms with Crippen LogP contribution in [0.4, 0.5) is 0 Å². The zero-order chi connectivity index (χ0) is 19.7. The summed E-state index contributed by atoms with van der Waals surface area (Å²) in [5.41, 5.74) is 2.99. The minimum Gasteiger partial charge on any atom is -0.457 e. The van der Waals surface area contributed by atoms with Gasteiger partial charge in [0.25, 0.3) is 5.78 Å². The van der Waals surface area contributed by atoms with Crippen LogP contribution < -0.4 is 9.47 Å². The van der Waals surface area contributed by atoms with E-state index in [-0.39, 0.29) is 25.6 Å². The average molecular weight is 382 g/mol. The molecule has 0 amide bonds. The van der Waals surface area contributed by atoms with E-state index in [9.17, 15) is 9.59 Å². The van der Waals surface area contributed by atoms with Crippen LogP contribution in [-0.4, -0.2) is 44.7 Å². The molecule has 1 aromatic carbocycles. The molecule has 0 N–H and O–H groups in total. The molecule has 0 bridgehead atoms.